The SMILES string of the molecule is COc1ccc2[nH]c(CN3C[C@@H]4COCC[C@]4(C(=O)O)C3)c(C)c2c1. The molecule has 6 nitrogen and oxygen atoms in total. The van der Waals surface area contributed by atoms with Crippen LogP contribution in [-0.2, 0) is 16.1 Å². The van der Waals surface area contributed by atoms with Crippen LogP contribution in [0.5, 0.6) is 5.75 Å². The summed E-state index contributed by atoms with van der Waals surface area (Å²) < 4.78 is 10.9. The summed E-state index contributed by atoms with van der Waals surface area (Å²) >= 11 is 0. The number of nitrogens with one attached hydrogen (secondary N) is 1. The van der Waals surface area contributed by atoms with Gasteiger partial charge in [-0.15, -0.1) is 0 Å². The van der Waals surface area contributed by atoms with Crippen molar-refractivity contribution in [2.24, 2.45) is 11.3 Å². The van der Waals surface area contributed by atoms with Gasteiger partial charge in [0.1, 0.15) is 5.75 Å². The molecule has 0 unspecified atom stereocenters. The number of rotatable bonds is 4. The van der Waals surface area contributed by atoms with Gasteiger partial charge in [0, 0.05) is 48.8 Å². The van der Waals surface area contributed by atoms with Crippen LogP contribution in [0.1, 0.15) is 17.7 Å². The third-order valence-corrected chi connectivity index (χ3v) is 5.95. The molecule has 2 atom stereocenters. The second-order valence-electron chi connectivity index (χ2n) is 7.29. The van der Waals surface area contributed by atoms with E-state index in [0.29, 0.717) is 26.2 Å². The molecule has 3 heterocycles. The Hall–Kier alpha value is -2.05. The fourth-order valence-corrected chi connectivity index (χ4v) is 4.39. The number of aromatic amines is 1. The Morgan fingerprint density at radius 1 is 1.52 bits per heavy atom. The molecule has 2 aliphatic heterocycles. The zero-order valence-corrected chi connectivity index (χ0v) is 14.7. The molecule has 0 bridgehead atoms. The number of likely N-dealkylation sites (tertiary alicyclic amines) is 1. The van der Waals surface area contributed by atoms with Crippen molar-refractivity contribution in [3.05, 3.63) is 29.5 Å². The van der Waals surface area contributed by atoms with E-state index in [-0.39, 0.29) is 5.92 Å². The number of benzene rings is 1. The molecule has 2 saturated heterocycles. The number of H-pyrrole nitrogens is 1. The summed E-state index contributed by atoms with van der Waals surface area (Å²) in [4.78, 5) is 17.7. The highest BCUT2D eigenvalue weighted by Gasteiger charge is 2.53. The summed E-state index contributed by atoms with van der Waals surface area (Å²) in [6.45, 7) is 5.29. The van der Waals surface area contributed by atoms with E-state index in [9.17, 15) is 9.90 Å². The Labute approximate surface area is 146 Å². The molecule has 0 amide bonds. The molecule has 2 fully saturated rings. The van der Waals surface area contributed by atoms with Crippen molar-refractivity contribution in [1.29, 1.82) is 0 Å². The van der Waals surface area contributed by atoms with Gasteiger partial charge in [-0.05, 0) is 37.1 Å². The Bertz CT molecular complexity index is 815. The zero-order chi connectivity index (χ0) is 17.6. The van der Waals surface area contributed by atoms with Crippen LogP contribution >= 0.6 is 0 Å². The average Bonchev–Trinajstić information content (AvgIpc) is 3.13. The van der Waals surface area contributed by atoms with Gasteiger partial charge in [0.05, 0.1) is 19.1 Å². The third-order valence-electron chi connectivity index (χ3n) is 5.95. The third kappa shape index (κ3) is 2.60. The smallest absolute Gasteiger partial charge is 0.311 e. The van der Waals surface area contributed by atoms with Crippen LogP contribution in [0.25, 0.3) is 10.9 Å². The Morgan fingerprint density at radius 3 is 3.08 bits per heavy atom. The Morgan fingerprint density at radius 2 is 2.36 bits per heavy atom. The molecule has 4 rings (SSSR count). The van der Waals surface area contributed by atoms with Gasteiger partial charge < -0.3 is 19.6 Å². The van der Waals surface area contributed by atoms with Crippen LogP contribution < -0.4 is 4.74 Å². The van der Waals surface area contributed by atoms with Gasteiger partial charge in [0.2, 0.25) is 0 Å². The van der Waals surface area contributed by atoms with E-state index in [1.807, 2.05) is 18.2 Å². The van der Waals surface area contributed by atoms with Gasteiger partial charge in [-0.2, -0.15) is 0 Å². The van der Waals surface area contributed by atoms with E-state index in [1.54, 1.807) is 7.11 Å². The maximum atomic E-state index is 11.9. The van der Waals surface area contributed by atoms with Gasteiger partial charge in [0.25, 0.3) is 0 Å². The van der Waals surface area contributed by atoms with Crippen LogP contribution in [0.4, 0.5) is 0 Å². The number of aliphatic carboxylic acids is 1. The number of hydrogen-bond acceptors (Lipinski definition) is 4. The molecular formula is C19H24N2O4. The second-order valence-corrected chi connectivity index (χ2v) is 7.29. The molecule has 25 heavy (non-hydrogen) atoms. The summed E-state index contributed by atoms with van der Waals surface area (Å²) in [6, 6.07) is 6.02. The largest absolute Gasteiger partial charge is 0.497 e. The number of fused-ring (bicyclic) bond motifs is 2. The highest BCUT2D eigenvalue weighted by Crippen LogP contribution is 2.43. The number of carbonyl (C=O) groups is 1. The fraction of sp³-hybridized carbons (Fsp3) is 0.526. The first kappa shape index (κ1) is 16.4. The van der Waals surface area contributed by atoms with E-state index >= 15 is 0 Å². The number of ether oxygens (including phenoxy) is 2. The van der Waals surface area contributed by atoms with Crippen LogP contribution in [0.2, 0.25) is 0 Å². The quantitative estimate of drug-likeness (QED) is 0.891. The minimum Gasteiger partial charge on any atom is -0.497 e. The summed E-state index contributed by atoms with van der Waals surface area (Å²) in [6.07, 6.45) is 0.604. The predicted octanol–water partition coefficient (Wildman–Crippen LogP) is 2.41. The molecule has 2 N–H and O–H groups in total. The lowest BCUT2D eigenvalue weighted by Crippen LogP contribution is -2.44. The monoisotopic (exact) mass is 344 g/mol. The molecule has 0 spiro atoms. The van der Waals surface area contributed by atoms with Crippen LogP contribution in [0, 0.1) is 18.3 Å². The van der Waals surface area contributed by atoms with E-state index in [4.69, 9.17) is 9.47 Å². The number of aryl methyl sites for hydroxylation is 1. The molecule has 2 aromatic rings. The molecule has 0 aliphatic carbocycles. The highest BCUT2D eigenvalue weighted by atomic mass is 16.5. The van der Waals surface area contributed by atoms with E-state index < -0.39 is 11.4 Å². The normalized spacial score (nSPS) is 26.7. The number of carboxylic acids is 1. The van der Waals surface area contributed by atoms with E-state index in [2.05, 4.69) is 16.8 Å². The molecule has 2 aliphatic rings. The van der Waals surface area contributed by atoms with Crippen molar-refractivity contribution in [2.75, 3.05) is 33.4 Å². The first-order valence-corrected chi connectivity index (χ1v) is 8.72. The van der Waals surface area contributed by atoms with Gasteiger partial charge in [-0.3, -0.25) is 9.69 Å². The Balaban J connectivity index is 1.60. The number of carboxylic acid groups (broad SMARTS) is 1. The number of nitrogens with zero attached hydrogens (tertiary/aromatic N) is 1. The lowest BCUT2D eigenvalue weighted by atomic mass is 9.74. The molecule has 1 aromatic heterocycles. The molecule has 134 valence electrons. The van der Waals surface area contributed by atoms with E-state index in [0.717, 1.165) is 35.4 Å². The summed E-state index contributed by atoms with van der Waals surface area (Å²) in [5.41, 5.74) is 2.77. The van der Waals surface area contributed by atoms with Crippen molar-refractivity contribution >= 4 is 16.9 Å². The van der Waals surface area contributed by atoms with Crippen molar-refractivity contribution in [1.82, 2.24) is 9.88 Å². The van der Waals surface area contributed by atoms with Crippen molar-refractivity contribution in [2.45, 2.75) is 19.9 Å². The maximum absolute atomic E-state index is 11.9. The summed E-state index contributed by atoms with van der Waals surface area (Å²) in [5, 5.41) is 11.0. The average molecular weight is 344 g/mol. The van der Waals surface area contributed by atoms with Gasteiger partial charge in [-0.1, -0.05) is 0 Å². The second kappa shape index (κ2) is 6.04. The summed E-state index contributed by atoms with van der Waals surface area (Å²) in [5.74, 6) is 0.236. The molecule has 0 saturated carbocycles. The number of methoxy groups -OCH3 is 1. The standard InChI is InChI=1S/C19H24N2O4/c1-12-15-7-14(24-2)3-4-16(15)20-17(12)9-21-8-13-10-25-6-5-19(13,11-21)18(22)23/h3-4,7,13,20H,5-6,8-11H2,1-2H3,(H,22,23)/t13-,19+/m1/s1. The summed E-state index contributed by atoms with van der Waals surface area (Å²) in [7, 11) is 1.67. The van der Waals surface area contributed by atoms with Gasteiger partial charge in [0.15, 0.2) is 0 Å². The molecule has 6 heteroatoms. The minimum absolute atomic E-state index is 0.0727. The maximum Gasteiger partial charge on any atom is 0.311 e. The van der Waals surface area contributed by atoms with Crippen molar-refractivity contribution < 1.29 is 19.4 Å². The molecular weight excluding hydrogens is 320 g/mol. The van der Waals surface area contributed by atoms with Crippen molar-refractivity contribution in [3.8, 4) is 5.75 Å². The lowest BCUT2D eigenvalue weighted by Gasteiger charge is -2.34. The topological polar surface area (TPSA) is 74.8 Å². The lowest BCUT2D eigenvalue weighted by molar-refractivity contribution is -0.157. The van der Waals surface area contributed by atoms with Crippen LogP contribution in [0.3, 0.4) is 0 Å². The molecule has 1 aromatic carbocycles. The van der Waals surface area contributed by atoms with Crippen LogP contribution in [-0.4, -0.2) is 54.4 Å². The highest BCUT2D eigenvalue weighted by molar-refractivity contribution is 5.85. The predicted molar refractivity (Wildman–Crippen MR) is 93.9 cm³/mol. The van der Waals surface area contributed by atoms with Gasteiger partial charge >= 0.3 is 5.97 Å². The molecule has 0 radical (unpaired) electrons. The first-order valence-electron chi connectivity index (χ1n) is 8.72. The van der Waals surface area contributed by atoms with Gasteiger partial charge in [-0.25, -0.2) is 0 Å². The number of hydrogen-bond donors (Lipinski definition) is 2. The van der Waals surface area contributed by atoms with E-state index in [1.165, 1.54) is 5.56 Å². The minimum atomic E-state index is -0.679. The fourth-order valence-electron chi connectivity index (χ4n) is 4.39. The first-order chi connectivity index (χ1) is 12.0. The number of aromatic nitrogens is 1. The zero-order valence-electron chi connectivity index (χ0n) is 14.7. The van der Waals surface area contributed by atoms with Crippen LogP contribution in [0.15, 0.2) is 18.2 Å². The Kier molecular flexibility index (Phi) is 3.96. The van der Waals surface area contributed by atoms with Crippen molar-refractivity contribution in [3.63, 3.8) is 0 Å².